The van der Waals surface area contributed by atoms with E-state index in [1.165, 1.54) is 0 Å². The van der Waals surface area contributed by atoms with Gasteiger partial charge in [0.15, 0.2) is 0 Å². The van der Waals surface area contributed by atoms with Gasteiger partial charge in [0, 0.05) is 18.0 Å². The predicted molar refractivity (Wildman–Crippen MR) is 59.9 cm³/mol. The van der Waals surface area contributed by atoms with Gasteiger partial charge in [-0.05, 0) is 20.3 Å². The van der Waals surface area contributed by atoms with Gasteiger partial charge in [0.25, 0.3) is 5.19 Å². The summed E-state index contributed by atoms with van der Waals surface area (Å²) in [5.41, 5.74) is 1.07. The first-order chi connectivity index (χ1) is 6.76. The van der Waals surface area contributed by atoms with E-state index in [0.717, 1.165) is 23.9 Å². The Morgan fingerprint density at radius 3 is 3.00 bits per heavy atom. The SMILES string of the molecule is CCOc1nc(CNC(C)CC)cs1. The molecule has 14 heavy (non-hydrogen) atoms. The van der Waals surface area contributed by atoms with Crippen molar-refractivity contribution in [2.45, 2.75) is 39.8 Å². The molecule has 0 spiro atoms. The molecular weight excluding hydrogens is 196 g/mol. The van der Waals surface area contributed by atoms with Crippen LogP contribution in [-0.2, 0) is 6.54 Å². The lowest BCUT2D eigenvalue weighted by molar-refractivity contribution is 0.337. The maximum atomic E-state index is 5.30. The molecule has 1 aromatic heterocycles. The molecule has 0 radical (unpaired) electrons. The highest BCUT2D eigenvalue weighted by molar-refractivity contribution is 7.11. The highest BCUT2D eigenvalue weighted by atomic mass is 32.1. The van der Waals surface area contributed by atoms with Gasteiger partial charge < -0.3 is 10.1 Å². The van der Waals surface area contributed by atoms with Gasteiger partial charge in [-0.25, -0.2) is 4.98 Å². The molecule has 1 N–H and O–H groups in total. The number of ether oxygens (including phenoxy) is 1. The largest absolute Gasteiger partial charge is 0.470 e. The Hall–Kier alpha value is -0.610. The van der Waals surface area contributed by atoms with Crippen molar-refractivity contribution >= 4 is 11.3 Å². The molecule has 0 aliphatic rings. The van der Waals surface area contributed by atoms with E-state index in [0.29, 0.717) is 12.6 Å². The number of aromatic nitrogens is 1. The fraction of sp³-hybridized carbons (Fsp3) is 0.700. The number of nitrogens with zero attached hydrogens (tertiary/aromatic N) is 1. The summed E-state index contributed by atoms with van der Waals surface area (Å²) in [4.78, 5) is 4.34. The number of hydrogen-bond acceptors (Lipinski definition) is 4. The van der Waals surface area contributed by atoms with Crippen LogP contribution in [0.4, 0.5) is 0 Å². The first kappa shape index (κ1) is 11.5. The third kappa shape index (κ3) is 3.64. The summed E-state index contributed by atoms with van der Waals surface area (Å²) in [5.74, 6) is 0. The van der Waals surface area contributed by atoms with Gasteiger partial charge in [0.2, 0.25) is 0 Å². The van der Waals surface area contributed by atoms with Gasteiger partial charge in [-0.1, -0.05) is 18.3 Å². The Morgan fingerprint density at radius 2 is 2.36 bits per heavy atom. The van der Waals surface area contributed by atoms with E-state index in [9.17, 15) is 0 Å². The smallest absolute Gasteiger partial charge is 0.273 e. The maximum Gasteiger partial charge on any atom is 0.273 e. The predicted octanol–water partition coefficient (Wildman–Crippen LogP) is 2.43. The fourth-order valence-corrected chi connectivity index (χ4v) is 1.71. The lowest BCUT2D eigenvalue weighted by atomic mass is 10.2. The summed E-state index contributed by atoms with van der Waals surface area (Å²) >= 11 is 1.56. The summed E-state index contributed by atoms with van der Waals surface area (Å²) in [6.45, 7) is 7.84. The molecule has 0 amide bonds. The Bertz CT molecular complexity index is 262. The summed E-state index contributed by atoms with van der Waals surface area (Å²) in [6.07, 6.45) is 1.14. The molecular formula is C10H18N2OS. The number of rotatable bonds is 6. The molecule has 80 valence electrons. The molecule has 0 bridgehead atoms. The van der Waals surface area contributed by atoms with Crippen LogP contribution in [0.15, 0.2) is 5.38 Å². The van der Waals surface area contributed by atoms with Crippen LogP contribution in [0, 0.1) is 0 Å². The normalized spacial score (nSPS) is 12.8. The van der Waals surface area contributed by atoms with E-state index < -0.39 is 0 Å². The minimum atomic E-state index is 0.548. The van der Waals surface area contributed by atoms with Crippen LogP contribution >= 0.6 is 11.3 Å². The third-order valence-corrected chi connectivity index (χ3v) is 2.84. The summed E-state index contributed by atoms with van der Waals surface area (Å²) in [5, 5.41) is 6.21. The number of thiazole rings is 1. The molecule has 1 rings (SSSR count). The second kappa shape index (κ2) is 5.98. The molecule has 0 aliphatic carbocycles. The molecule has 1 aromatic rings. The van der Waals surface area contributed by atoms with E-state index in [-0.39, 0.29) is 0 Å². The first-order valence-electron chi connectivity index (χ1n) is 5.06. The summed E-state index contributed by atoms with van der Waals surface area (Å²) in [7, 11) is 0. The topological polar surface area (TPSA) is 34.1 Å². The van der Waals surface area contributed by atoms with Crippen LogP contribution in [0.2, 0.25) is 0 Å². The van der Waals surface area contributed by atoms with Crippen molar-refractivity contribution in [2.24, 2.45) is 0 Å². The van der Waals surface area contributed by atoms with Crippen LogP contribution in [0.1, 0.15) is 32.9 Å². The molecule has 1 heterocycles. The highest BCUT2D eigenvalue weighted by Gasteiger charge is 2.03. The highest BCUT2D eigenvalue weighted by Crippen LogP contribution is 2.17. The van der Waals surface area contributed by atoms with Gasteiger partial charge in [-0.2, -0.15) is 0 Å². The molecule has 0 saturated carbocycles. The van der Waals surface area contributed by atoms with Crippen molar-refractivity contribution in [3.05, 3.63) is 11.1 Å². The lowest BCUT2D eigenvalue weighted by Gasteiger charge is -2.08. The zero-order valence-corrected chi connectivity index (χ0v) is 9.86. The molecule has 0 fully saturated rings. The lowest BCUT2D eigenvalue weighted by Crippen LogP contribution is -2.24. The molecule has 1 unspecified atom stereocenters. The van der Waals surface area contributed by atoms with Crippen LogP contribution in [-0.4, -0.2) is 17.6 Å². The first-order valence-corrected chi connectivity index (χ1v) is 5.94. The number of hydrogen-bond donors (Lipinski definition) is 1. The zero-order chi connectivity index (χ0) is 10.4. The van der Waals surface area contributed by atoms with Crippen LogP contribution in [0.3, 0.4) is 0 Å². The van der Waals surface area contributed by atoms with Crippen molar-refractivity contribution in [3.63, 3.8) is 0 Å². The van der Waals surface area contributed by atoms with Crippen LogP contribution in [0.5, 0.6) is 5.19 Å². The Labute approximate surface area is 89.5 Å². The molecule has 3 nitrogen and oxygen atoms in total. The van der Waals surface area contributed by atoms with Crippen molar-refractivity contribution in [1.29, 1.82) is 0 Å². The minimum Gasteiger partial charge on any atom is -0.470 e. The van der Waals surface area contributed by atoms with E-state index in [1.54, 1.807) is 11.3 Å². The minimum absolute atomic E-state index is 0.548. The monoisotopic (exact) mass is 214 g/mol. The average Bonchev–Trinajstić information content (AvgIpc) is 2.63. The van der Waals surface area contributed by atoms with Crippen molar-refractivity contribution in [3.8, 4) is 5.19 Å². The van der Waals surface area contributed by atoms with E-state index in [2.05, 4.69) is 24.1 Å². The average molecular weight is 214 g/mol. The Kier molecular flexibility index (Phi) is 4.90. The van der Waals surface area contributed by atoms with Gasteiger partial charge >= 0.3 is 0 Å². The Morgan fingerprint density at radius 1 is 1.57 bits per heavy atom. The summed E-state index contributed by atoms with van der Waals surface area (Å²) < 4.78 is 5.30. The maximum absolute atomic E-state index is 5.30. The van der Waals surface area contributed by atoms with Crippen molar-refractivity contribution in [2.75, 3.05) is 6.61 Å². The van der Waals surface area contributed by atoms with E-state index >= 15 is 0 Å². The van der Waals surface area contributed by atoms with Gasteiger partial charge in [0.05, 0.1) is 12.3 Å². The second-order valence-corrected chi connectivity index (χ2v) is 4.05. The second-order valence-electron chi connectivity index (χ2n) is 3.23. The van der Waals surface area contributed by atoms with Gasteiger partial charge in [-0.3, -0.25) is 0 Å². The third-order valence-electron chi connectivity index (χ3n) is 2.04. The van der Waals surface area contributed by atoms with Gasteiger partial charge in [-0.15, -0.1) is 0 Å². The van der Waals surface area contributed by atoms with Crippen LogP contribution in [0.25, 0.3) is 0 Å². The standard InChI is InChI=1S/C10H18N2OS/c1-4-8(3)11-6-9-7-14-10(12-9)13-5-2/h7-8,11H,4-6H2,1-3H3. The van der Waals surface area contributed by atoms with Crippen molar-refractivity contribution < 1.29 is 4.74 Å². The number of nitrogens with one attached hydrogen (secondary N) is 1. The zero-order valence-electron chi connectivity index (χ0n) is 9.04. The van der Waals surface area contributed by atoms with Crippen LogP contribution < -0.4 is 10.1 Å². The molecule has 0 aromatic carbocycles. The van der Waals surface area contributed by atoms with Crippen molar-refractivity contribution in [1.82, 2.24) is 10.3 Å². The quantitative estimate of drug-likeness (QED) is 0.789. The molecule has 4 heteroatoms. The van der Waals surface area contributed by atoms with E-state index in [1.807, 2.05) is 12.3 Å². The van der Waals surface area contributed by atoms with Gasteiger partial charge in [0.1, 0.15) is 0 Å². The Balaban J connectivity index is 2.35. The molecule has 0 aliphatic heterocycles. The molecule has 0 saturated heterocycles. The van der Waals surface area contributed by atoms with E-state index in [4.69, 9.17) is 4.74 Å². The fourth-order valence-electron chi connectivity index (χ4n) is 0.982. The summed E-state index contributed by atoms with van der Waals surface area (Å²) in [6, 6.07) is 0.548. The molecule has 1 atom stereocenters.